The van der Waals surface area contributed by atoms with E-state index in [2.05, 4.69) is 32.7 Å². The van der Waals surface area contributed by atoms with Crippen molar-refractivity contribution in [1.82, 2.24) is 15.2 Å². The van der Waals surface area contributed by atoms with Crippen LogP contribution in [0.5, 0.6) is 0 Å². The zero-order chi connectivity index (χ0) is 24.5. The van der Waals surface area contributed by atoms with Crippen LogP contribution in [0.1, 0.15) is 29.7 Å². The number of pyridine rings is 1. The predicted octanol–water partition coefficient (Wildman–Crippen LogP) is 4.20. The van der Waals surface area contributed by atoms with Crippen molar-refractivity contribution in [2.24, 2.45) is 0 Å². The Morgan fingerprint density at radius 1 is 1.00 bits per heavy atom. The highest BCUT2D eigenvalue weighted by molar-refractivity contribution is 5.89. The zero-order valence-corrected chi connectivity index (χ0v) is 19.9. The molecule has 0 bridgehead atoms. The van der Waals surface area contributed by atoms with E-state index in [1.165, 1.54) is 12.1 Å². The summed E-state index contributed by atoms with van der Waals surface area (Å²) in [6, 6.07) is 20.0. The summed E-state index contributed by atoms with van der Waals surface area (Å²) in [5.41, 5.74) is 3.11. The number of likely N-dealkylation sites (tertiary alicyclic amines) is 1. The number of carbonyl (C=O) groups excluding carboxylic acids is 1. The lowest BCUT2D eigenvalue weighted by atomic mass is 9.85. The molecule has 7 heteroatoms. The van der Waals surface area contributed by atoms with E-state index < -0.39 is 5.60 Å². The van der Waals surface area contributed by atoms with Gasteiger partial charge in [-0.25, -0.2) is 9.18 Å². The number of nitrogens with zero attached hydrogens (tertiary/aromatic N) is 2. The maximum absolute atomic E-state index is 13.1. The van der Waals surface area contributed by atoms with Gasteiger partial charge in [0.25, 0.3) is 0 Å². The second-order valence-electron chi connectivity index (χ2n) is 9.27. The van der Waals surface area contributed by atoms with Crippen LogP contribution in [0, 0.1) is 5.82 Å². The van der Waals surface area contributed by atoms with Crippen molar-refractivity contribution in [2.75, 3.05) is 31.5 Å². The van der Waals surface area contributed by atoms with Crippen molar-refractivity contribution in [3.05, 3.63) is 95.6 Å². The molecular formula is C28H33FN4O2. The lowest BCUT2D eigenvalue weighted by Crippen LogP contribution is -2.47. The number of aromatic nitrogens is 1. The van der Waals surface area contributed by atoms with Gasteiger partial charge in [0.15, 0.2) is 0 Å². The number of rotatable bonds is 9. The largest absolute Gasteiger partial charge is 0.389 e. The number of aryl methyl sites for hydroxylation is 2. The van der Waals surface area contributed by atoms with Gasteiger partial charge in [-0.3, -0.25) is 4.98 Å². The van der Waals surface area contributed by atoms with E-state index in [9.17, 15) is 14.3 Å². The fourth-order valence-electron chi connectivity index (χ4n) is 4.46. The number of halogens is 1. The number of nitrogens with one attached hydrogen (secondary N) is 2. The van der Waals surface area contributed by atoms with Crippen molar-refractivity contribution in [1.29, 1.82) is 0 Å². The summed E-state index contributed by atoms with van der Waals surface area (Å²) >= 11 is 0. The first-order valence-electron chi connectivity index (χ1n) is 12.2. The average molecular weight is 477 g/mol. The summed E-state index contributed by atoms with van der Waals surface area (Å²) in [7, 11) is 0. The van der Waals surface area contributed by atoms with Gasteiger partial charge in [0, 0.05) is 50.2 Å². The number of benzene rings is 2. The Balaban J connectivity index is 1.15. The van der Waals surface area contributed by atoms with Crippen LogP contribution in [0.15, 0.2) is 72.9 Å². The van der Waals surface area contributed by atoms with Crippen LogP contribution in [-0.2, 0) is 19.3 Å². The molecule has 2 amide bonds. The van der Waals surface area contributed by atoms with Gasteiger partial charge in [-0.2, -0.15) is 0 Å². The molecule has 1 aliphatic heterocycles. The molecular weight excluding hydrogens is 443 g/mol. The number of aliphatic hydroxyl groups is 1. The van der Waals surface area contributed by atoms with E-state index in [1.54, 1.807) is 24.4 Å². The van der Waals surface area contributed by atoms with Crippen molar-refractivity contribution < 1.29 is 14.3 Å². The number of anilines is 1. The van der Waals surface area contributed by atoms with Crippen molar-refractivity contribution in [3.8, 4) is 0 Å². The second kappa shape index (κ2) is 11.9. The summed E-state index contributed by atoms with van der Waals surface area (Å²) in [4.78, 5) is 19.0. The Kier molecular flexibility index (Phi) is 8.45. The van der Waals surface area contributed by atoms with Gasteiger partial charge in [0.1, 0.15) is 5.82 Å². The van der Waals surface area contributed by atoms with Crippen LogP contribution in [0.3, 0.4) is 0 Å². The van der Waals surface area contributed by atoms with E-state index in [0.717, 1.165) is 55.7 Å². The molecule has 2 aromatic carbocycles. The smallest absolute Gasteiger partial charge is 0.319 e. The minimum atomic E-state index is -0.654. The molecule has 0 saturated carbocycles. The van der Waals surface area contributed by atoms with Gasteiger partial charge in [-0.05, 0) is 61.1 Å². The third-order valence-corrected chi connectivity index (χ3v) is 6.53. The molecule has 0 atom stereocenters. The molecule has 6 nitrogen and oxygen atoms in total. The summed E-state index contributed by atoms with van der Waals surface area (Å²) < 4.78 is 13.1. The van der Waals surface area contributed by atoms with Gasteiger partial charge in [-0.1, -0.05) is 42.5 Å². The Labute approximate surface area is 206 Å². The molecule has 0 radical (unpaired) electrons. The van der Waals surface area contributed by atoms with Crippen LogP contribution >= 0.6 is 0 Å². The van der Waals surface area contributed by atoms with E-state index in [4.69, 9.17) is 0 Å². The molecule has 3 aromatic rings. The van der Waals surface area contributed by atoms with Crippen LogP contribution in [-0.4, -0.2) is 52.8 Å². The number of urea groups is 1. The van der Waals surface area contributed by atoms with Crippen molar-refractivity contribution >= 4 is 11.7 Å². The van der Waals surface area contributed by atoms with Gasteiger partial charge in [-0.15, -0.1) is 0 Å². The summed E-state index contributed by atoms with van der Waals surface area (Å²) in [6.07, 6.45) is 5.27. The van der Waals surface area contributed by atoms with Gasteiger partial charge < -0.3 is 20.6 Å². The highest BCUT2D eigenvalue weighted by atomic mass is 19.1. The Hall–Kier alpha value is -3.29. The fourth-order valence-corrected chi connectivity index (χ4v) is 4.46. The van der Waals surface area contributed by atoms with Crippen LogP contribution in [0.25, 0.3) is 0 Å². The molecule has 184 valence electrons. The number of amides is 2. The van der Waals surface area contributed by atoms with Crippen molar-refractivity contribution in [2.45, 2.75) is 37.7 Å². The van der Waals surface area contributed by atoms with Crippen LogP contribution < -0.4 is 10.6 Å². The summed E-state index contributed by atoms with van der Waals surface area (Å²) in [5, 5.41) is 16.7. The quantitative estimate of drug-likeness (QED) is 0.433. The maximum Gasteiger partial charge on any atom is 0.319 e. The maximum atomic E-state index is 13.1. The Morgan fingerprint density at radius 3 is 2.49 bits per heavy atom. The molecule has 3 N–H and O–H groups in total. The Morgan fingerprint density at radius 2 is 1.74 bits per heavy atom. The van der Waals surface area contributed by atoms with Crippen LogP contribution in [0.2, 0.25) is 0 Å². The molecule has 1 fully saturated rings. The standard InChI is InChI=1S/C28H33FN4O2/c29-24-9-6-22(7-10-24)8-11-25-20-26(12-15-30-25)32-27(34)31-16-19-33-17-13-28(35,14-18-33)21-23-4-2-1-3-5-23/h1-7,9-10,12,15,20,35H,8,11,13-14,16-19,21H2,(H2,30,31,32,34). The molecule has 0 spiro atoms. The number of piperidine rings is 1. The molecule has 0 unspecified atom stereocenters. The first-order valence-corrected chi connectivity index (χ1v) is 12.2. The SMILES string of the molecule is O=C(NCCN1CCC(O)(Cc2ccccc2)CC1)Nc1ccnc(CCc2ccc(F)cc2)c1. The van der Waals surface area contributed by atoms with E-state index >= 15 is 0 Å². The van der Waals surface area contributed by atoms with Gasteiger partial charge in [0.2, 0.25) is 0 Å². The molecule has 1 saturated heterocycles. The van der Waals surface area contributed by atoms with Gasteiger partial charge >= 0.3 is 6.03 Å². The lowest BCUT2D eigenvalue weighted by Gasteiger charge is -2.38. The molecule has 2 heterocycles. The van der Waals surface area contributed by atoms with Crippen LogP contribution in [0.4, 0.5) is 14.9 Å². The van der Waals surface area contributed by atoms with Gasteiger partial charge in [0.05, 0.1) is 5.60 Å². The second-order valence-corrected chi connectivity index (χ2v) is 9.27. The highest BCUT2D eigenvalue weighted by Gasteiger charge is 2.32. The number of hydrogen-bond acceptors (Lipinski definition) is 4. The summed E-state index contributed by atoms with van der Waals surface area (Å²) in [5.74, 6) is -0.242. The monoisotopic (exact) mass is 476 g/mol. The highest BCUT2D eigenvalue weighted by Crippen LogP contribution is 2.26. The third-order valence-electron chi connectivity index (χ3n) is 6.53. The minimum absolute atomic E-state index is 0.242. The Bertz CT molecular complexity index is 1080. The normalized spacial score (nSPS) is 15.5. The predicted molar refractivity (Wildman–Crippen MR) is 136 cm³/mol. The molecule has 35 heavy (non-hydrogen) atoms. The average Bonchev–Trinajstić information content (AvgIpc) is 2.86. The topological polar surface area (TPSA) is 77.5 Å². The molecule has 4 rings (SSSR count). The fraction of sp³-hybridized carbons (Fsp3) is 0.357. The zero-order valence-electron chi connectivity index (χ0n) is 19.9. The molecule has 1 aliphatic rings. The molecule has 1 aromatic heterocycles. The number of hydrogen-bond donors (Lipinski definition) is 3. The van der Waals surface area contributed by atoms with E-state index in [1.807, 2.05) is 24.3 Å². The van der Waals surface area contributed by atoms with Crippen molar-refractivity contribution in [3.63, 3.8) is 0 Å². The first kappa shape index (κ1) is 24.8. The third kappa shape index (κ3) is 7.87. The molecule has 0 aliphatic carbocycles. The summed E-state index contributed by atoms with van der Waals surface area (Å²) in [6.45, 7) is 2.91. The van der Waals surface area contributed by atoms with E-state index in [-0.39, 0.29) is 11.8 Å². The minimum Gasteiger partial charge on any atom is -0.389 e. The first-order chi connectivity index (χ1) is 17.0. The lowest BCUT2D eigenvalue weighted by molar-refractivity contribution is -0.0201. The number of carbonyl (C=O) groups is 1. The van der Waals surface area contributed by atoms with E-state index in [0.29, 0.717) is 25.1 Å².